The molecule has 0 atom stereocenters. The summed E-state index contributed by atoms with van der Waals surface area (Å²) in [5, 5.41) is 0. The summed E-state index contributed by atoms with van der Waals surface area (Å²) in [5.74, 6) is 0. The van der Waals surface area contributed by atoms with Crippen LogP contribution in [0, 0.1) is 0 Å². The Labute approximate surface area is 305 Å². The van der Waals surface area contributed by atoms with Crippen LogP contribution < -0.4 is 21.3 Å². The number of nitrogen functional groups attached to an aromatic ring is 2. The van der Waals surface area contributed by atoms with Crippen molar-refractivity contribution in [2.24, 2.45) is 0 Å². The van der Waals surface area contributed by atoms with E-state index in [4.69, 9.17) is 11.5 Å². The maximum atomic E-state index is 6.45. The second kappa shape index (κ2) is 14.4. The minimum Gasteiger partial charge on any atom is -0.399 e. The predicted octanol–water partition coefficient (Wildman–Crippen LogP) is 12.8. The molecule has 52 heavy (non-hydrogen) atoms. The minimum absolute atomic E-state index is 0.710. The highest BCUT2D eigenvalue weighted by Crippen LogP contribution is 2.43. The van der Waals surface area contributed by atoms with Crippen molar-refractivity contribution in [2.75, 3.05) is 21.3 Å². The van der Waals surface area contributed by atoms with E-state index in [1.54, 1.807) is 0 Å². The van der Waals surface area contributed by atoms with E-state index in [-0.39, 0.29) is 0 Å². The number of anilines is 8. The number of para-hydroxylation sites is 4. The van der Waals surface area contributed by atoms with Gasteiger partial charge >= 0.3 is 0 Å². The van der Waals surface area contributed by atoms with E-state index in [0.717, 1.165) is 67.5 Å². The van der Waals surface area contributed by atoms with Gasteiger partial charge in [0.1, 0.15) is 0 Å². The van der Waals surface area contributed by atoms with Gasteiger partial charge in [-0.25, -0.2) is 0 Å². The van der Waals surface area contributed by atoms with Gasteiger partial charge in [0.25, 0.3) is 0 Å². The Morgan fingerprint density at radius 2 is 0.519 bits per heavy atom. The molecule has 4 heteroatoms. The molecule has 0 radical (unpaired) electrons. The van der Waals surface area contributed by atoms with E-state index in [1.807, 2.05) is 36.4 Å². The van der Waals surface area contributed by atoms with Crippen molar-refractivity contribution in [3.05, 3.63) is 206 Å². The summed E-state index contributed by atoms with van der Waals surface area (Å²) in [5.41, 5.74) is 27.3. The van der Waals surface area contributed by atoms with E-state index in [9.17, 15) is 0 Å². The lowest BCUT2D eigenvalue weighted by Gasteiger charge is -2.26. The standard InChI is InChI=1S/C48H38N4/c49-37-25-31-45(47(33-37)35-21-27-43(28-22-35)51(39-13-5-1-6-14-39)40-15-7-2-8-16-40)46-32-26-38(50)34-48(46)36-23-29-44(30-24-36)52(41-17-9-3-10-18-41)42-19-11-4-12-20-42/h1-34H,49-50H2. The fourth-order valence-electron chi connectivity index (χ4n) is 6.85. The molecule has 8 aromatic carbocycles. The first-order valence-corrected chi connectivity index (χ1v) is 17.4. The van der Waals surface area contributed by atoms with Gasteiger partial charge in [0.2, 0.25) is 0 Å². The zero-order valence-electron chi connectivity index (χ0n) is 28.7. The number of hydrogen-bond donors (Lipinski definition) is 2. The predicted molar refractivity (Wildman–Crippen MR) is 221 cm³/mol. The van der Waals surface area contributed by atoms with Gasteiger partial charge in [-0.15, -0.1) is 0 Å². The number of nitrogens with zero attached hydrogens (tertiary/aromatic N) is 2. The monoisotopic (exact) mass is 670 g/mol. The highest BCUT2D eigenvalue weighted by Gasteiger charge is 2.17. The molecule has 0 aliphatic heterocycles. The second-order valence-electron chi connectivity index (χ2n) is 12.7. The van der Waals surface area contributed by atoms with Crippen LogP contribution in [0.3, 0.4) is 0 Å². The molecule has 4 nitrogen and oxygen atoms in total. The molecule has 0 bridgehead atoms. The van der Waals surface area contributed by atoms with Crippen LogP contribution in [0.25, 0.3) is 33.4 Å². The van der Waals surface area contributed by atoms with Crippen LogP contribution in [0.15, 0.2) is 206 Å². The summed E-state index contributed by atoms with van der Waals surface area (Å²) >= 11 is 0. The molecule has 0 fully saturated rings. The first kappa shape index (κ1) is 32.2. The van der Waals surface area contributed by atoms with Crippen molar-refractivity contribution >= 4 is 45.5 Å². The van der Waals surface area contributed by atoms with Crippen LogP contribution >= 0.6 is 0 Å². The average molecular weight is 671 g/mol. The molecule has 0 aliphatic carbocycles. The first-order chi connectivity index (χ1) is 25.6. The number of hydrogen-bond acceptors (Lipinski definition) is 4. The van der Waals surface area contributed by atoms with Gasteiger partial charge in [0, 0.05) is 45.5 Å². The SMILES string of the molecule is Nc1ccc(-c2ccc(N)cc2-c2ccc(N(c3ccccc3)c3ccccc3)cc2)c(-c2ccc(N(c3ccccc3)c3ccccc3)cc2)c1. The van der Waals surface area contributed by atoms with Gasteiger partial charge in [-0.2, -0.15) is 0 Å². The maximum absolute atomic E-state index is 6.45. The van der Waals surface area contributed by atoms with E-state index >= 15 is 0 Å². The van der Waals surface area contributed by atoms with Crippen molar-refractivity contribution in [1.29, 1.82) is 0 Å². The Balaban J connectivity index is 1.18. The van der Waals surface area contributed by atoms with Crippen LogP contribution in [0.5, 0.6) is 0 Å². The van der Waals surface area contributed by atoms with Gasteiger partial charge in [0.05, 0.1) is 0 Å². The van der Waals surface area contributed by atoms with Gasteiger partial charge in [-0.3, -0.25) is 0 Å². The van der Waals surface area contributed by atoms with E-state index in [1.165, 1.54) is 0 Å². The normalized spacial score (nSPS) is 10.8. The molecule has 0 aromatic heterocycles. The summed E-state index contributed by atoms with van der Waals surface area (Å²) in [4.78, 5) is 4.53. The Hall–Kier alpha value is -7.04. The summed E-state index contributed by atoms with van der Waals surface area (Å²) in [7, 11) is 0. The van der Waals surface area contributed by atoms with Gasteiger partial charge in [-0.1, -0.05) is 109 Å². The van der Waals surface area contributed by atoms with Gasteiger partial charge < -0.3 is 21.3 Å². The van der Waals surface area contributed by atoms with E-state index in [0.29, 0.717) is 11.4 Å². The van der Waals surface area contributed by atoms with Gasteiger partial charge in [-0.05, 0) is 130 Å². The molecule has 250 valence electrons. The molecule has 0 saturated heterocycles. The molecule has 0 saturated carbocycles. The fourth-order valence-corrected chi connectivity index (χ4v) is 6.85. The van der Waals surface area contributed by atoms with Crippen LogP contribution in [0.4, 0.5) is 45.5 Å². The van der Waals surface area contributed by atoms with Gasteiger partial charge in [0.15, 0.2) is 0 Å². The van der Waals surface area contributed by atoms with Crippen LogP contribution in [0.2, 0.25) is 0 Å². The highest BCUT2D eigenvalue weighted by molar-refractivity contribution is 5.94. The molecule has 0 unspecified atom stereocenters. The Bertz CT molecular complexity index is 2140. The summed E-state index contributed by atoms with van der Waals surface area (Å²) < 4.78 is 0. The summed E-state index contributed by atoms with van der Waals surface area (Å²) in [6, 6.07) is 71.5. The molecule has 0 heterocycles. The first-order valence-electron chi connectivity index (χ1n) is 17.4. The lowest BCUT2D eigenvalue weighted by molar-refractivity contribution is 1.28. The number of benzene rings is 8. The van der Waals surface area contributed by atoms with Crippen molar-refractivity contribution in [3.63, 3.8) is 0 Å². The third-order valence-electron chi connectivity index (χ3n) is 9.31. The Kier molecular flexibility index (Phi) is 8.94. The molecule has 8 aromatic rings. The smallest absolute Gasteiger partial charge is 0.0462 e. The lowest BCUT2D eigenvalue weighted by atomic mass is 9.88. The van der Waals surface area contributed by atoms with Crippen molar-refractivity contribution in [2.45, 2.75) is 0 Å². The second-order valence-corrected chi connectivity index (χ2v) is 12.7. The lowest BCUT2D eigenvalue weighted by Crippen LogP contribution is -2.09. The molecule has 0 amide bonds. The molecular formula is C48H38N4. The minimum atomic E-state index is 0.710. The molecule has 0 spiro atoms. The van der Waals surface area contributed by atoms with E-state index in [2.05, 4.69) is 180 Å². The highest BCUT2D eigenvalue weighted by atomic mass is 15.1. The molecule has 0 aliphatic rings. The third-order valence-corrected chi connectivity index (χ3v) is 9.31. The zero-order valence-corrected chi connectivity index (χ0v) is 28.7. The number of nitrogens with two attached hydrogens (primary N) is 2. The summed E-state index contributed by atoms with van der Waals surface area (Å²) in [6.07, 6.45) is 0. The maximum Gasteiger partial charge on any atom is 0.0462 e. The average Bonchev–Trinajstić information content (AvgIpc) is 3.20. The molecular weight excluding hydrogens is 633 g/mol. The largest absolute Gasteiger partial charge is 0.399 e. The summed E-state index contributed by atoms with van der Waals surface area (Å²) in [6.45, 7) is 0. The zero-order chi connectivity index (χ0) is 35.3. The third kappa shape index (κ3) is 6.61. The Morgan fingerprint density at radius 1 is 0.250 bits per heavy atom. The molecule has 4 N–H and O–H groups in total. The van der Waals surface area contributed by atoms with Crippen LogP contribution in [-0.2, 0) is 0 Å². The fraction of sp³-hybridized carbons (Fsp3) is 0. The Morgan fingerprint density at radius 3 is 0.808 bits per heavy atom. The van der Waals surface area contributed by atoms with Crippen LogP contribution in [-0.4, -0.2) is 0 Å². The van der Waals surface area contributed by atoms with Crippen LogP contribution in [0.1, 0.15) is 0 Å². The number of rotatable bonds is 9. The van der Waals surface area contributed by atoms with Crippen molar-refractivity contribution in [1.82, 2.24) is 0 Å². The van der Waals surface area contributed by atoms with Crippen molar-refractivity contribution < 1.29 is 0 Å². The van der Waals surface area contributed by atoms with E-state index < -0.39 is 0 Å². The van der Waals surface area contributed by atoms with Crippen molar-refractivity contribution in [3.8, 4) is 33.4 Å². The quantitative estimate of drug-likeness (QED) is 0.150. The molecule has 8 rings (SSSR count). The topological polar surface area (TPSA) is 58.5 Å².